The Morgan fingerprint density at radius 2 is 1.87 bits per heavy atom. The SMILES string of the molecule is Cc1cccc(-c2cc3nc4c(c(NCCc5ccc(F)cc5)n3n2)CCCC4)c1. The topological polar surface area (TPSA) is 42.2 Å². The molecule has 152 valence electrons. The van der Waals surface area contributed by atoms with Gasteiger partial charge in [0.25, 0.3) is 0 Å². The third kappa shape index (κ3) is 3.67. The highest BCUT2D eigenvalue weighted by Crippen LogP contribution is 2.30. The van der Waals surface area contributed by atoms with Gasteiger partial charge < -0.3 is 5.32 Å². The Morgan fingerprint density at radius 1 is 1.03 bits per heavy atom. The molecule has 1 N–H and O–H groups in total. The smallest absolute Gasteiger partial charge is 0.158 e. The summed E-state index contributed by atoms with van der Waals surface area (Å²) in [4.78, 5) is 4.94. The first-order valence-corrected chi connectivity index (χ1v) is 10.6. The number of aromatic nitrogens is 3. The third-order valence-corrected chi connectivity index (χ3v) is 5.81. The van der Waals surface area contributed by atoms with E-state index in [1.165, 1.54) is 41.8 Å². The van der Waals surface area contributed by atoms with Crippen LogP contribution in [0.4, 0.5) is 10.2 Å². The number of nitrogens with one attached hydrogen (secondary N) is 1. The molecule has 4 nitrogen and oxygen atoms in total. The minimum atomic E-state index is -0.197. The number of hydrogen-bond acceptors (Lipinski definition) is 3. The van der Waals surface area contributed by atoms with Crippen LogP contribution in [-0.2, 0) is 19.3 Å². The van der Waals surface area contributed by atoms with Crippen molar-refractivity contribution < 1.29 is 4.39 Å². The summed E-state index contributed by atoms with van der Waals surface area (Å²) in [7, 11) is 0. The number of anilines is 1. The Bertz CT molecular complexity index is 1190. The van der Waals surface area contributed by atoms with E-state index in [0.29, 0.717) is 0 Å². The van der Waals surface area contributed by atoms with E-state index in [0.717, 1.165) is 54.1 Å². The highest BCUT2D eigenvalue weighted by molar-refractivity contribution is 5.67. The lowest BCUT2D eigenvalue weighted by Gasteiger charge is -2.20. The van der Waals surface area contributed by atoms with E-state index in [9.17, 15) is 4.39 Å². The van der Waals surface area contributed by atoms with Crippen molar-refractivity contribution in [3.63, 3.8) is 0 Å². The van der Waals surface area contributed by atoms with Crippen LogP contribution in [0.1, 0.15) is 35.2 Å². The summed E-state index contributed by atoms with van der Waals surface area (Å²) in [5, 5.41) is 8.53. The fourth-order valence-corrected chi connectivity index (χ4v) is 4.25. The molecular weight excluding hydrogens is 375 g/mol. The van der Waals surface area contributed by atoms with E-state index in [1.807, 2.05) is 16.6 Å². The van der Waals surface area contributed by atoms with Crippen molar-refractivity contribution >= 4 is 11.5 Å². The lowest BCUT2D eigenvalue weighted by Crippen LogP contribution is -2.17. The Balaban J connectivity index is 1.50. The zero-order chi connectivity index (χ0) is 20.5. The van der Waals surface area contributed by atoms with Crippen molar-refractivity contribution in [2.75, 3.05) is 11.9 Å². The molecule has 5 rings (SSSR count). The Morgan fingerprint density at radius 3 is 2.70 bits per heavy atom. The molecule has 0 unspecified atom stereocenters. The number of benzene rings is 2. The van der Waals surface area contributed by atoms with Crippen molar-refractivity contribution in [2.45, 2.75) is 39.0 Å². The number of rotatable bonds is 5. The van der Waals surface area contributed by atoms with Crippen LogP contribution in [0, 0.1) is 12.7 Å². The number of halogens is 1. The molecule has 0 atom stereocenters. The first kappa shape index (κ1) is 18.8. The molecule has 0 amide bonds. The second-order valence-corrected chi connectivity index (χ2v) is 8.07. The van der Waals surface area contributed by atoms with Gasteiger partial charge in [-0.3, -0.25) is 0 Å². The van der Waals surface area contributed by atoms with Gasteiger partial charge in [0.2, 0.25) is 0 Å². The van der Waals surface area contributed by atoms with Gasteiger partial charge in [-0.15, -0.1) is 0 Å². The van der Waals surface area contributed by atoms with Crippen LogP contribution in [0.5, 0.6) is 0 Å². The van der Waals surface area contributed by atoms with Crippen molar-refractivity contribution in [1.29, 1.82) is 0 Å². The highest BCUT2D eigenvalue weighted by atomic mass is 19.1. The zero-order valence-electron chi connectivity index (χ0n) is 17.2. The molecule has 2 aromatic heterocycles. The molecule has 5 heteroatoms. The second kappa shape index (κ2) is 7.90. The van der Waals surface area contributed by atoms with Crippen LogP contribution in [0.15, 0.2) is 54.6 Å². The Hall–Kier alpha value is -3.21. The van der Waals surface area contributed by atoms with Gasteiger partial charge in [-0.2, -0.15) is 9.61 Å². The molecule has 0 saturated heterocycles. The van der Waals surface area contributed by atoms with Gasteiger partial charge in [-0.1, -0.05) is 35.9 Å². The van der Waals surface area contributed by atoms with Gasteiger partial charge in [-0.25, -0.2) is 9.37 Å². The molecular formula is C25H25FN4. The van der Waals surface area contributed by atoms with E-state index >= 15 is 0 Å². The molecule has 1 aliphatic rings. The molecule has 0 aliphatic heterocycles. The molecule has 0 fully saturated rings. The van der Waals surface area contributed by atoms with Crippen LogP contribution < -0.4 is 5.32 Å². The lowest BCUT2D eigenvalue weighted by molar-refractivity contribution is 0.627. The van der Waals surface area contributed by atoms with Gasteiger partial charge in [0.05, 0.1) is 5.69 Å². The van der Waals surface area contributed by atoms with Crippen molar-refractivity contribution in [1.82, 2.24) is 14.6 Å². The minimum Gasteiger partial charge on any atom is -0.369 e. The normalized spacial score (nSPS) is 13.4. The maximum Gasteiger partial charge on any atom is 0.158 e. The predicted molar refractivity (Wildman–Crippen MR) is 118 cm³/mol. The quantitative estimate of drug-likeness (QED) is 0.489. The second-order valence-electron chi connectivity index (χ2n) is 8.07. The fraction of sp³-hybridized carbons (Fsp3) is 0.280. The van der Waals surface area contributed by atoms with Crippen LogP contribution in [0.25, 0.3) is 16.9 Å². The molecule has 0 bridgehead atoms. The minimum absolute atomic E-state index is 0.197. The summed E-state index contributed by atoms with van der Waals surface area (Å²) in [5.41, 5.74) is 7.74. The van der Waals surface area contributed by atoms with Crippen LogP contribution in [-0.4, -0.2) is 21.1 Å². The number of hydrogen-bond donors (Lipinski definition) is 1. The molecule has 0 radical (unpaired) electrons. The third-order valence-electron chi connectivity index (χ3n) is 5.81. The average molecular weight is 401 g/mol. The van der Waals surface area contributed by atoms with Gasteiger partial charge in [0.15, 0.2) is 5.65 Å². The van der Waals surface area contributed by atoms with Crippen LogP contribution in [0.3, 0.4) is 0 Å². The summed E-state index contributed by atoms with van der Waals surface area (Å²) in [6.45, 7) is 2.86. The largest absolute Gasteiger partial charge is 0.369 e. The maximum atomic E-state index is 13.2. The standard InChI is InChI=1S/C25H25FN4/c1-17-5-4-6-19(15-17)23-16-24-28-22-8-3-2-7-21(22)25(30(24)29-23)27-14-13-18-9-11-20(26)12-10-18/h4-6,9-12,15-16,27H,2-3,7-8,13-14H2,1H3. The molecule has 1 aliphatic carbocycles. The molecule has 0 spiro atoms. The number of aryl methyl sites for hydroxylation is 2. The summed E-state index contributed by atoms with van der Waals surface area (Å²) in [6, 6.07) is 17.2. The van der Waals surface area contributed by atoms with Crippen molar-refractivity contribution in [3.05, 3.63) is 82.8 Å². The first-order chi connectivity index (χ1) is 14.7. The fourth-order valence-electron chi connectivity index (χ4n) is 4.25. The van der Waals surface area contributed by atoms with Crippen molar-refractivity contribution in [2.24, 2.45) is 0 Å². The summed E-state index contributed by atoms with van der Waals surface area (Å²) in [6.07, 6.45) is 5.23. The average Bonchev–Trinajstić information content (AvgIpc) is 3.18. The Kier molecular flexibility index (Phi) is 4.95. The monoisotopic (exact) mass is 400 g/mol. The first-order valence-electron chi connectivity index (χ1n) is 10.6. The van der Waals surface area contributed by atoms with Gasteiger partial charge in [0, 0.05) is 29.4 Å². The summed E-state index contributed by atoms with van der Waals surface area (Å²) < 4.78 is 15.1. The molecule has 0 saturated carbocycles. The van der Waals surface area contributed by atoms with Crippen LogP contribution >= 0.6 is 0 Å². The zero-order valence-corrected chi connectivity index (χ0v) is 17.2. The van der Waals surface area contributed by atoms with Gasteiger partial charge in [-0.05, 0) is 62.8 Å². The lowest BCUT2D eigenvalue weighted by atomic mass is 9.96. The Labute approximate surface area is 175 Å². The van der Waals surface area contributed by atoms with Crippen LogP contribution in [0.2, 0.25) is 0 Å². The molecule has 2 aromatic carbocycles. The van der Waals surface area contributed by atoms with Crippen molar-refractivity contribution in [3.8, 4) is 11.3 Å². The molecule has 4 aromatic rings. The predicted octanol–water partition coefficient (Wildman–Crippen LogP) is 5.38. The molecule has 2 heterocycles. The van der Waals surface area contributed by atoms with E-state index < -0.39 is 0 Å². The van der Waals surface area contributed by atoms with E-state index in [-0.39, 0.29) is 5.82 Å². The van der Waals surface area contributed by atoms with Gasteiger partial charge in [0.1, 0.15) is 11.6 Å². The summed E-state index contributed by atoms with van der Waals surface area (Å²) in [5.74, 6) is 0.854. The summed E-state index contributed by atoms with van der Waals surface area (Å²) >= 11 is 0. The number of nitrogens with zero attached hydrogens (tertiary/aromatic N) is 3. The number of fused-ring (bicyclic) bond motifs is 2. The van der Waals surface area contributed by atoms with Gasteiger partial charge >= 0.3 is 0 Å². The van der Waals surface area contributed by atoms with E-state index in [4.69, 9.17) is 10.1 Å². The molecule has 30 heavy (non-hydrogen) atoms. The van der Waals surface area contributed by atoms with E-state index in [2.05, 4.69) is 42.6 Å². The highest BCUT2D eigenvalue weighted by Gasteiger charge is 2.20. The van der Waals surface area contributed by atoms with E-state index in [1.54, 1.807) is 0 Å². The maximum absolute atomic E-state index is 13.2.